The molecule has 1 amide bonds. The first-order chi connectivity index (χ1) is 13.4. The van der Waals surface area contributed by atoms with Crippen LogP contribution in [-0.4, -0.2) is 16.5 Å². The first kappa shape index (κ1) is 19.5. The maximum atomic E-state index is 12.5. The molecule has 0 spiro atoms. The SMILES string of the molecule is Cc1ccc(NC(=O)c2ccc(NN=C3CCCCC3C)c([N+](=O)[O-])c2)cc1. The Labute approximate surface area is 164 Å². The van der Waals surface area contributed by atoms with Crippen LogP contribution in [0.1, 0.15) is 48.5 Å². The molecule has 1 atom stereocenters. The predicted molar refractivity (Wildman–Crippen MR) is 111 cm³/mol. The van der Waals surface area contributed by atoms with Gasteiger partial charge in [0, 0.05) is 23.0 Å². The van der Waals surface area contributed by atoms with E-state index in [1.54, 1.807) is 18.2 Å². The summed E-state index contributed by atoms with van der Waals surface area (Å²) in [5.41, 5.74) is 5.90. The smallest absolute Gasteiger partial charge is 0.294 e. The number of carbonyl (C=O) groups excluding carboxylic acids is 1. The number of rotatable bonds is 5. The second kappa shape index (κ2) is 8.65. The summed E-state index contributed by atoms with van der Waals surface area (Å²) >= 11 is 0. The highest BCUT2D eigenvalue weighted by atomic mass is 16.6. The van der Waals surface area contributed by atoms with Gasteiger partial charge in [-0.25, -0.2) is 0 Å². The van der Waals surface area contributed by atoms with Crippen LogP contribution >= 0.6 is 0 Å². The van der Waals surface area contributed by atoms with Crippen LogP contribution < -0.4 is 10.7 Å². The Balaban J connectivity index is 1.78. The van der Waals surface area contributed by atoms with Crippen molar-refractivity contribution in [1.82, 2.24) is 0 Å². The maximum absolute atomic E-state index is 12.5. The molecule has 146 valence electrons. The van der Waals surface area contributed by atoms with Gasteiger partial charge in [0.2, 0.25) is 0 Å². The van der Waals surface area contributed by atoms with E-state index in [9.17, 15) is 14.9 Å². The maximum Gasteiger partial charge on any atom is 0.294 e. The summed E-state index contributed by atoms with van der Waals surface area (Å²) in [4.78, 5) is 23.4. The van der Waals surface area contributed by atoms with Crippen LogP contribution in [0.2, 0.25) is 0 Å². The van der Waals surface area contributed by atoms with Gasteiger partial charge in [-0.05, 0) is 56.4 Å². The molecule has 7 heteroatoms. The first-order valence-corrected chi connectivity index (χ1v) is 9.43. The van der Waals surface area contributed by atoms with E-state index in [0.717, 1.165) is 30.5 Å². The fourth-order valence-electron chi connectivity index (χ4n) is 3.23. The van der Waals surface area contributed by atoms with E-state index < -0.39 is 10.8 Å². The van der Waals surface area contributed by atoms with Crippen molar-refractivity contribution < 1.29 is 9.72 Å². The minimum atomic E-state index is -0.504. The van der Waals surface area contributed by atoms with E-state index in [1.165, 1.54) is 18.6 Å². The summed E-state index contributed by atoms with van der Waals surface area (Å²) in [6.45, 7) is 4.07. The van der Waals surface area contributed by atoms with Gasteiger partial charge in [0.05, 0.1) is 4.92 Å². The minimum Gasteiger partial charge on any atom is -0.322 e. The third-order valence-corrected chi connectivity index (χ3v) is 4.97. The molecule has 0 radical (unpaired) electrons. The molecular weight excluding hydrogens is 356 g/mol. The van der Waals surface area contributed by atoms with Crippen molar-refractivity contribution in [2.75, 3.05) is 10.7 Å². The summed E-state index contributed by atoms with van der Waals surface area (Å²) in [6, 6.07) is 11.7. The standard InChI is InChI=1S/C21H24N4O3/c1-14-7-10-17(11-8-14)22-21(26)16-9-12-19(20(13-16)25(27)28)24-23-18-6-4-3-5-15(18)2/h7-13,15,24H,3-6H2,1-2H3,(H,22,26). The van der Waals surface area contributed by atoms with Gasteiger partial charge in [-0.1, -0.05) is 31.0 Å². The molecule has 1 saturated carbocycles. The Hall–Kier alpha value is -3.22. The lowest BCUT2D eigenvalue weighted by molar-refractivity contribution is -0.384. The van der Waals surface area contributed by atoms with Crippen LogP contribution in [0.4, 0.5) is 17.1 Å². The van der Waals surface area contributed by atoms with E-state index in [1.807, 2.05) is 19.1 Å². The average molecular weight is 380 g/mol. The van der Waals surface area contributed by atoms with Gasteiger partial charge >= 0.3 is 0 Å². The fourth-order valence-corrected chi connectivity index (χ4v) is 3.23. The number of hydrogen-bond acceptors (Lipinski definition) is 5. The Morgan fingerprint density at radius 3 is 2.61 bits per heavy atom. The van der Waals surface area contributed by atoms with Crippen molar-refractivity contribution in [3.8, 4) is 0 Å². The van der Waals surface area contributed by atoms with Gasteiger partial charge in [-0.3, -0.25) is 20.3 Å². The molecule has 0 bridgehead atoms. The quantitative estimate of drug-likeness (QED) is 0.555. The van der Waals surface area contributed by atoms with Gasteiger partial charge in [0.15, 0.2) is 0 Å². The highest BCUT2D eigenvalue weighted by Crippen LogP contribution is 2.27. The van der Waals surface area contributed by atoms with Crippen molar-refractivity contribution in [3.05, 3.63) is 63.7 Å². The van der Waals surface area contributed by atoms with Crippen molar-refractivity contribution in [3.63, 3.8) is 0 Å². The third kappa shape index (κ3) is 4.73. The van der Waals surface area contributed by atoms with Gasteiger partial charge in [-0.15, -0.1) is 0 Å². The topological polar surface area (TPSA) is 96.6 Å². The minimum absolute atomic E-state index is 0.177. The van der Waals surface area contributed by atoms with Crippen molar-refractivity contribution in [2.45, 2.75) is 39.5 Å². The Bertz CT molecular complexity index is 906. The molecule has 0 saturated heterocycles. The first-order valence-electron chi connectivity index (χ1n) is 9.43. The molecule has 1 aliphatic carbocycles. The van der Waals surface area contributed by atoms with Crippen LogP contribution in [0, 0.1) is 23.0 Å². The summed E-state index contributed by atoms with van der Waals surface area (Å²) in [6.07, 6.45) is 4.26. The molecule has 2 aromatic rings. The molecule has 1 unspecified atom stereocenters. The number of hydrogen-bond donors (Lipinski definition) is 2. The number of nitro benzene ring substituents is 1. The molecule has 1 fully saturated rings. The zero-order valence-electron chi connectivity index (χ0n) is 16.1. The summed E-state index contributed by atoms with van der Waals surface area (Å²) in [5, 5.41) is 18.6. The predicted octanol–water partition coefficient (Wildman–Crippen LogP) is 5.13. The van der Waals surface area contributed by atoms with E-state index in [0.29, 0.717) is 11.6 Å². The number of benzene rings is 2. The summed E-state index contributed by atoms with van der Waals surface area (Å²) < 4.78 is 0. The highest BCUT2D eigenvalue weighted by Gasteiger charge is 2.19. The molecule has 2 aromatic carbocycles. The monoisotopic (exact) mass is 380 g/mol. The van der Waals surface area contributed by atoms with Gasteiger partial charge in [0.1, 0.15) is 5.69 Å². The Morgan fingerprint density at radius 2 is 1.93 bits per heavy atom. The largest absolute Gasteiger partial charge is 0.322 e. The number of hydrazone groups is 1. The molecule has 2 N–H and O–H groups in total. The fraction of sp³-hybridized carbons (Fsp3) is 0.333. The summed E-state index contributed by atoms with van der Waals surface area (Å²) in [7, 11) is 0. The summed E-state index contributed by atoms with van der Waals surface area (Å²) in [5.74, 6) is -0.0226. The Kier molecular flexibility index (Phi) is 6.03. The van der Waals surface area contributed by atoms with Crippen LogP contribution in [0.25, 0.3) is 0 Å². The molecular formula is C21H24N4O3. The van der Waals surface area contributed by atoms with E-state index in [4.69, 9.17) is 0 Å². The zero-order valence-corrected chi connectivity index (χ0v) is 16.1. The number of nitro groups is 1. The molecule has 3 rings (SSSR count). The van der Waals surface area contributed by atoms with Crippen LogP contribution in [0.5, 0.6) is 0 Å². The average Bonchev–Trinajstić information content (AvgIpc) is 2.69. The normalized spacial score (nSPS) is 17.9. The molecule has 28 heavy (non-hydrogen) atoms. The second-order valence-electron chi connectivity index (χ2n) is 7.17. The number of aryl methyl sites for hydroxylation is 1. The number of anilines is 2. The lowest BCUT2D eigenvalue weighted by atomic mass is 9.89. The molecule has 0 aromatic heterocycles. The van der Waals surface area contributed by atoms with Crippen molar-refractivity contribution >= 4 is 28.7 Å². The number of nitrogens with one attached hydrogen (secondary N) is 2. The van der Waals surface area contributed by atoms with Gasteiger partial charge in [-0.2, -0.15) is 5.10 Å². The molecule has 0 aliphatic heterocycles. The van der Waals surface area contributed by atoms with E-state index >= 15 is 0 Å². The molecule has 0 heterocycles. The molecule has 1 aliphatic rings. The zero-order chi connectivity index (χ0) is 20.1. The second-order valence-corrected chi connectivity index (χ2v) is 7.17. The van der Waals surface area contributed by atoms with E-state index in [2.05, 4.69) is 22.8 Å². The lowest BCUT2D eigenvalue weighted by Crippen LogP contribution is -2.17. The van der Waals surface area contributed by atoms with Crippen LogP contribution in [0.15, 0.2) is 47.6 Å². The van der Waals surface area contributed by atoms with Gasteiger partial charge in [0.25, 0.3) is 11.6 Å². The number of nitrogens with zero attached hydrogens (tertiary/aromatic N) is 2. The van der Waals surface area contributed by atoms with Crippen molar-refractivity contribution in [2.24, 2.45) is 11.0 Å². The van der Waals surface area contributed by atoms with Crippen molar-refractivity contribution in [1.29, 1.82) is 0 Å². The highest BCUT2D eigenvalue weighted by molar-refractivity contribution is 6.05. The Morgan fingerprint density at radius 1 is 1.18 bits per heavy atom. The van der Waals surface area contributed by atoms with Gasteiger partial charge < -0.3 is 5.32 Å². The third-order valence-electron chi connectivity index (χ3n) is 4.97. The van der Waals surface area contributed by atoms with Crippen LogP contribution in [-0.2, 0) is 0 Å². The van der Waals surface area contributed by atoms with Crippen LogP contribution in [0.3, 0.4) is 0 Å². The number of carbonyl (C=O) groups is 1. The lowest BCUT2D eigenvalue weighted by Gasteiger charge is -2.20. The number of amides is 1. The molecule has 7 nitrogen and oxygen atoms in total. The van der Waals surface area contributed by atoms with E-state index in [-0.39, 0.29) is 16.9 Å².